The third kappa shape index (κ3) is 3.15. The van der Waals surface area contributed by atoms with Crippen molar-refractivity contribution in [1.82, 2.24) is 9.99 Å². The zero-order valence-corrected chi connectivity index (χ0v) is 14.9. The molecule has 0 aliphatic rings. The molecule has 0 unspecified atom stereocenters. The molecule has 144 valence electrons. The summed E-state index contributed by atoms with van der Waals surface area (Å²) in [4.78, 5) is 35.5. The minimum absolute atomic E-state index is 0.0203. The molecule has 0 radical (unpaired) electrons. The van der Waals surface area contributed by atoms with Gasteiger partial charge >= 0.3 is 0 Å². The van der Waals surface area contributed by atoms with Gasteiger partial charge in [0.1, 0.15) is 5.76 Å². The second kappa shape index (κ2) is 7.06. The zero-order chi connectivity index (χ0) is 20.5. The van der Waals surface area contributed by atoms with Gasteiger partial charge < -0.3 is 4.42 Å². The average Bonchev–Trinajstić information content (AvgIpc) is 3.38. The Hall–Kier alpha value is -4.24. The quantitative estimate of drug-likeness (QED) is 0.238. The second-order valence-electron chi connectivity index (χ2n) is 6.18. The van der Waals surface area contributed by atoms with Gasteiger partial charge in [0, 0.05) is 29.3 Å². The Morgan fingerprint density at radius 2 is 1.86 bits per heavy atom. The summed E-state index contributed by atoms with van der Waals surface area (Å²) in [7, 11) is 0. The van der Waals surface area contributed by atoms with E-state index in [4.69, 9.17) is 10.3 Å². The fourth-order valence-corrected chi connectivity index (χ4v) is 3.11. The summed E-state index contributed by atoms with van der Waals surface area (Å²) in [6.07, 6.45) is 1.39. The van der Waals surface area contributed by atoms with Gasteiger partial charge in [-0.3, -0.25) is 29.7 Å². The number of fused-ring (bicyclic) bond motifs is 1. The van der Waals surface area contributed by atoms with Gasteiger partial charge in [0.2, 0.25) is 0 Å². The van der Waals surface area contributed by atoms with Crippen LogP contribution in [0.5, 0.6) is 0 Å². The molecule has 0 aliphatic heterocycles. The van der Waals surface area contributed by atoms with Gasteiger partial charge in [0.05, 0.1) is 16.0 Å². The third-order valence-electron chi connectivity index (χ3n) is 4.46. The van der Waals surface area contributed by atoms with Crippen LogP contribution < -0.4 is 11.3 Å². The number of hydrogen-bond donors (Lipinski definition) is 2. The van der Waals surface area contributed by atoms with Crippen molar-refractivity contribution in [2.24, 2.45) is 5.84 Å². The Morgan fingerprint density at radius 1 is 1.07 bits per heavy atom. The Kier molecular flexibility index (Phi) is 4.41. The smallest absolute Gasteiger partial charge is 0.298 e. The Morgan fingerprint density at radius 3 is 2.62 bits per heavy atom. The van der Waals surface area contributed by atoms with Crippen LogP contribution >= 0.6 is 0 Å². The minimum Gasteiger partial charge on any atom is -0.451 e. The van der Waals surface area contributed by atoms with Crippen molar-refractivity contribution in [3.63, 3.8) is 0 Å². The Bertz CT molecular complexity index is 1270. The first-order valence-corrected chi connectivity index (χ1v) is 8.50. The van der Waals surface area contributed by atoms with E-state index < -0.39 is 16.7 Å². The summed E-state index contributed by atoms with van der Waals surface area (Å²) in [5.41, 5.74) is 3.22. The van der Waals surface area contributed by atoms with E-state index >= 15 is 0 Å². The minimum atomic E-state index is -0.524. The van der Waals surface area contributed by atoms with Crippen LogP contribution in [0.4, 0.5) is 5.69 Å². The van der Waals surface area contributed by atoms with Crippen LogP contribution in [0.15, 0.2) is 71.3 Å². The predicted octanol–water partition coefficient (Wildman–Crippen LogP) is 3.10. The Balaban J connectivity index is 1.75. The zero-order valence-electron chi connectivity index (χ0n) is 14.9. The SMILES string of the molecule is NNC(=O)c1cn(C(=O)c2ccc(-c3cccc([N+](=O)[O-])c3)o2)c2ccccc12. The summed E-state index contributed by atoms with van der Waals surface area (Å²) in [5, 5.41) is 11.5. The standard InChI is InChI=1S/C20H14N4O5/c21-22-19(25)15-11-23(16-7-2-1-6-14(15)16)20(26)18-9-8-17(29-18)12-4-3-5-13(10-12)24(27)28/h1-11H,21H2,(H,22,25). The first-order chi connectivity index (χ1) is 14.0. The monoisotopic (exact) mass is 390 g/mol. The summed E-state index contributed by atoms with van der Waals surface area (Å²) >= 11 is 0. The van der Waals surface area contributed by atoms with Crippen LogP contribution in [0.1, 0.15) is 20.9 Å². The first-order valence-electron chi connectivity index (χ1n) is 8.50. The molecule has 0 atom stereocenters. The van der Waals surface area contributed by atoms with Crippen LogP contribution in [0.25, 0.3) is 22.2 Å². The molecule has 0 fully saturated rings. The summed E-state index contributed by atoms with van der Waals surface area (Å²) in [5.74, 6) is 4.55. The topological polar surface area (TPSA) is 133 Å². The van der Waals surface area contributed by atoms with Crippen molar-refractivity contribution in [3.05, 3.63) is 88.3 Å². The molecule has 0 bridgehead atoms. The number of carbonyl (C=O) groups excluding carboxylic acids is 2. The van der Waals surface area contributed by atoms with Gasteiger partial charge in [0.25, 0.3) is 17.5 Å². The maximum absolute atomic E-state index is 13.0. The summed E-state index contributed by atoms with van der Waals surface area (Å²) < 4.78 is 6.95. The number of hydrogen-bond acceptors (Lipinski definition) is 6. The number of nitro benzene ring substituents is 1. The number of nitrogens with two attached hydrogens (primary N) is 1. The second-order valence-corrected chi connectivity index (χ2v) is 6.18. The molecule has 2 aromatic heterocycles. The van der Waals surface area contributed by atoms with E-state index in [1.807, 2.05) is 0 Å². The van der Waals surface area contributed by atoms with Crippen LogP contribution in [0.2, 0.25) is 0 Å². The van der Waals surface area contributed by atoms with Gasteiger partial charge in [0.15, 0.2) is 5.76 Å². The number of non-ortho nitro benzene ring substituents is 1. The van der Waals surface area contributed by atoms with E-state index in [0.717, 1.165) is 0 Å². The number of nitro groups is 1. The van der Waals surface area contributed by atoms with Crippen molar-refractivity contribution in [3.8, 4) is 11.3 Å². The van der Waals surface area contributed by atoms with E-state index in [-0.39, 0.29) is 17.0 Å². The molecule has 2 heterocycles. The van der Waals surface area contributed by atoms with Crippen LogP contribution in [0, 0.1) is 10.1 Å². The van der Waals surface area contributed by atoms with Crippen LogP contribution in [-0.4, -0.2) is 21.3 Å². The third-order valence-corrected chi connectivity index (χ3v) is 4.46. The molecule has 0 aliphatic carbocycles. The highest BCUT2D eigenvalue weighted by atomic mass is 16.6. The molecule has 9 nitrogen and oxygen atoms in total. The molecule has 0 saturated carbocycles. The van der Waals surface area contributed by atoms with Gasteiger partial charge in [-0.05, 0) is 18.2 Å². The number of nitrogens with zero attached hydrogens (tertiary/aromatic N) is 2. The molecule has 4 rings (SSSR count). The molecule has 3 N–H and O–H groups in total. The average molecular weight is 390 g/mol. The normalized spacial score (nSPS) is 10.8. The number of carbonyl (C=O) groups is 2. The lowest BCUT2D eigenvalue weighted by atomic mass is 10.1. The Labute approximate surface area is 163 Å². The maximum Gasteiger partial charge on any atom is 0.298 e. The van der Waals surface area contributed by atoms with Crippen molar-refractivity contribution in [2.75, 3.05) is 0 Å². The first kappa shape index (κ1) is 18.1. The molecule has 1 amide bonds. The number of nitrogen functional groups attached to an aromatic ring is 1. The fourth-order valence-electron chi connectivity index (χ4n) is 3.11. The van der Waals surface area contributed by atoms with E-state index in [1.165, 1.54) is 35.0 Å². The van der Waals surface area contributed by atoms with Crippen molar-refractivity contribution in [1.29, 1.82) is 0 Å². The van der Waals surface area contributed by atoms with E-state index in [9.17, 15) is 19.7 Å². The highest BCUT2D eigenvalue weighted by Gasteiger charge is 2.21. The number of benzene rings is 2. The number of amides is 1. The van der Waals surface area contributed by atoms with Gasteiger partial charge in [-0.25, -0.2) is 5.84 Å². The van der Waals surface area contributed by atoms with E-state index in [1.54, 1.807) is 36.4 Å². The fraction of sp³-hybridized carbons (Fsp3) is 0. The van der Waals surface area contributed by atoms with Crippen molar-refractivity contribution in [2.45, 2.75) is 0 Å². The molecule has 4 aromatic rings. The number of nitrogens with one attached hydrogen (secondary N) is 1. The van der Waals surface area contributed by atoms with Crippen molar-refractivity contribution < 1.29 is 18.9 Å². The van der Waals surface area contributed by atoms with Gasteiger partial charge in [-0.2, -0.15) is 0 Å². The lowest BCUT2D eigenvalue weighted by Gasteiger charge is -2.01. The highest BCUT2D eigenvalue weighted by Crippen LogP contribution is 2.27. The largest absolute Gasteiger partial charge is 0.451 e. The molecule has 9 heteroatoms. The van der Waals surface area contributed by atoms with Crippen molar-refractivity contribution >= 4 is 28.4 Å². The highest BCUT2D eigenvalue weighted by molar-refractivity contribution is 6.10. The summed E-state index contributed by atoms with van der Waals surface area (Å²) in [6, 6.07) is 15.9. The lowest BCUT2D eigenvalue weighted by Crippen LogP contribution is -2.29. The molecular formula is C20H14N4O5. The lowest BCUT2D eigenvalue weighted by molar-refractivity contribution is -0.384. The number of hydrazine groups is 1. The number of aromatic nitrogens is 1. The predicted molar refractivity (Wildman–Crippen MR) is 104 cm³/mol. The maximum atomic E-state index is 13.0. The van der Waals surface area contributed by atoms with Gasteiger partial charge in [-0.15, -0.1) is 0 Å². The van der Waals surface area contributed by atoms with Gasteiger partial charge in [-0.1, -0.05) is 30.3 Å². The molecule has 0 saturated heterocycles. The van der Waals surface area contributed by atoms with Crippen LogP contribution in [0.3, 0.4) is 0 Å². The number of furan rings is 1. The number of para-hydroxylation sites is 1. The van der Waals surface area contributed by atoms with E-state index in [0.29, 0.717) is 22.2 Å². The number of rotatable bonds is 4. The van der Waals surface area contributed by atoms with Crippen LogP contribution in [-0.2, 0) is 0 Å². The molecule has 0 spiro atoms. The molecular weight excluding hydrogens is 376 g/mol. The van der Waals surface area contributed by atoms with E-state index in [2.05, 4.69) is 5.43 Å². The molecule has 2 aromatic carbocycles. The summed E-state index contributed by atoms with van der Waals surface area (Å²) in [6.45, 7) is 0. The molecule has 29 heavy (non-hydrogen) atoms.